The van der Waals surface area contributed by atoms with Crippen LogP contribution in [-0.4, -0.2) is 18.2 Å². The van der Waals surface area contributed by atoms with Crippen LogP contribution in [0.4, 0.5) is 0 Å². The molecule has 0 saturated carbocycles. The molecule has 1 aromatic rings. The first kappa shape index (κ1) is 9.22. The predicted octanol–water partition coefficient (Wildman–Crippen LogP) is 1.75. The lowest BCUT2D eigenvalue weighted by atomic mass is 10.6. The highest BCUT2D eigenvalue weighted by Gasteiger charge is 2.15. The van der Waals surface area contributed by atoms with E-state index in [9.17, 15) is 0 Å². The molecule has 0 radical (unpaired) electrons. The van der Waals surface area contributed by atoms with E-state index in [2.05, 4.69) is 4.98 Å². The first-order chi connectivity index (χ1) is 5.88. The van der Waals surface area contributed by atoms with Crippen LogP contribution in [0.2, 0.25) is 0 Å². The molecule has 0 aliphatic carbocycles. The Labute approximate surface area is 71.5 Å². The van der Waals surface area contributed by atoms with E-state index in [0.29, 0.717) is 19.1 Å². The summed E-state index contributed by atoms with van der Waals surface area (Å²) in [5.41, 5.74) is 0. The number of rotatable bonds is 5. The molecule has 0 atom stereocenters. The second kappa shape index (κ2) is 4.90. The largest absolute Gasteiger partial charge is 0.444 e. The molecule has 0 saturated heterocycles. The van der Waals surface area contributed by atoms with Gasteiger partial charge in [-0.1, -0.05) is 0 Å². The minimum Gasteiger partial charge on any atom is -0.444 e. The zero-order chi connectivity index (χ0) is 8.81. The number of ether oxygens (including phenoxy) is 2. The lowest BCUT2D eigenvalue weighted by Gasteiger charge is -2.12. The molecule has 4 heteroatoms. The summed E-state index contributed by atoms with van der Waals surface area (Å²) < 4.78 is 15.5. The fraction of sp³-hybridized carbons (Fsp3) is 0.625. The summed E-state index contributed by atoms with van der Waals surface area (Å²) in [6.07, 6.45) is 2.61. The van der Waals surface area contributed by atoms with E-state index < -0.39 is 6.29 Å². The third-order valence-electron chi connectivity index (χ3n) is 1.29. The monoisotopic (exact) mass is 171 g/mol. The minimum atomic E-state index is -0.463. The number of oxazole rings is 1. The van der Waals surface area contributed by atoms with Crippen molar-refractivity contribution in [1.29, 1.82) is 0 Å². The predicted molar refractivity (Wildman–Crippen MR) is 42.5 cm³/mol. The zero-order valence-electron chi connectivity index (χ0n) is 7.32. The van der Waals surface area contributed by atoms with Crippen molar-refractivity contribution in [3.8, 4) is 0 Å². The summed E-state index contributed by atoms with van der Waals surface area (Å²) in [5.74, 6) is 0.471. The van der Waals surface area contributed by atoms with Gasteiger partial charge in [-0.05, 0) is 13.8 Å². The lowest BCUT2D eigenvalue weighted by Crippen LogP contribution is -2.08. The van der Waals surface area contributed by atoms with E-state index in [0.717, 1.165) is 0 Å². The number of hydrogen-bond acceptors (Lipinski definition) is 4. The molecule has 0 aliphatic rings. The topological polar surface area (TPSA) is 44.5 Å². The number of aromatic nitrogens is 1. The summed E-state index contributed by atoms with van der Waals surface area (Å²) in [4.78, 5) is 3.94. The summed E-state index contributed by atoms with van der Waals surface area (Å²) in [6, 6.07) is 0. The molecule has 0 fully saturated rings. The van der Waals surface area contributed by atoms with Crippen molar-refractivity contribution in [2.45, 2.75) is 20.1 Å². The molecular weight excluding hydrogens is 158 g/mol. The molecule has 12 heavy (non-hydrogen) atoms. The van der Waals surface area contributed by atoms with Crippen molar-refractivity contribution in [2.24, 2.45) is 0 Å². The Morgan fingerprint density at radius 3 is 2.50 bits per heavy atom. The first-order valence-electron chi connectivity index (χ1n) is 4.01. The molecule has 0 unspecified atom stereocenters. The lowest BCUT2D eigenvalue weighted by molar-refractivity contribution is -0.153. The maximum atomic E-state index is 5.25. The second-order valence-electron chi connectivity index (χ2n) is 2.11. The smallest absolute Gasteiger partial charge is 0.251 e. The van der Waals surface area contributed by atoms with E-state index in [1.165, 1.54) is 6.26 Å². The van der Waals surface area contributed by atoms with E-state index in [1.807, 2.05) is 13.8 Å². The molecule has 1 heterocycles. The molecule has 0 aliphatic heterocycles. The molecule has 68 valence electrons. The van der Waals surface area contributed by atoms with E-state index in [-0.39, 0.29) is 0 Å². The molecular formula is C8H13NO3. The summed E-state index contributed by atoms with van der Waals surface area (Å²) >= 11 is 0. The number of nitrogens with zero attached hydrogens (tertiary/aromatic N) is 1. The van der Waals surface area contributed by atoms with Crippen LogP contribution < -0.4 is 0 Å². The molecule has 0 bridgehead atoms. The zero-order valence-corrected chi connectivity index (χ0v) is 7.32. The highest BCUT2D eigenvalue weighted by molar-refractivity contribution is 4.81. The van der Waals surface area contributed by atoms with Gasteiger partial charge < -0.3 is 13.9 Å². The van der Waals surface area contributed by atoms with Crippen LogP contribution in [0.25, 0.3) is 0 Å². The quantitative estimate of drug-likeness (QED) is 0.633. The Bertz CT molecular complexity index is 192. The van der Waals surface area contributed by atoms with Crippen LogP contribution in [0.3, 0.4) is 0 Å². The average Bonchev–Trinajstić information content (AvgIpc) is 2.56. The Kier molecular flexibility index (Phi) is 3.76. The van der Waals surface area contributed by atoms with Crippen molar-refractivity contribution in [1.82, 2.24) is 4.98 Å². The third kappa shape index (κ3) is 2.32. The standard InChI is InChI=1S/C8H13NO3/c1-3-10-8(11-4-2)7-9-5-6-12-7/h5-6,8H,3-4H2,1-2H3. The van der Waals surface area contributed by atoms with Gasteiger partial charge in [0.2, 0.25) is 6.29 Å². The molecule has 1 aromatic heterocycles. The summed E-state index contributed by atoms with van der Waals surface area (Å²) in [5, 5.41) is 0. The van der Waals surface area contributed by atoms with Gasteiger partial charge >= 0.3 is 0 Å². The molecule has 0 spiro atoms. The fourth-order valence-corrected chi connectivity index (χ4v) is 0.844. The van der Waals surface area contributed by atoms with Gasteiger partial charge in [0.05, 0.1) is 6.20 Å². The van der Waals surface area contributed by atoms with Crippen LogP contribution in [0, 0.1) is 0 Å². The van der Waals surface area contributed by atoms with E-state index in [1.54, 1.807) is 6.20 Å². The van der Waals surface area contributed by atoms with Gasteiger partial charge in [0.25, 0.3) is 5.89 Å². The van der Waals surface area contributed by atoms with Crippen molar-refractivity contribution < 1.29 is 13.9 Å². The maximum absolute atomic E-state index is 5.25. The van der Waals surface area contributed by atoms with Crippen molar-refractivity contribution in [3.63, 3.8) is 0 Å². The SMILES string of the molecule is CCOC(OCC)c1ncco1. The van der Waals surface area contributed by atoms with Crippen LogP contribution in [-0.2, 0) is 9.47 Å². The van der Waals surface area contributed by atoms with Gasteiger partial charge in [-0.15, -0.1) is 0 Å². The Morgan fingerprint density at radius 1 is 1.42 bits per heavy atom. The Morgan fingerprint density at radius 2 is 2.08 bits per heavy atom. The van der Waals surface area contributed by atoms with E-state index in [4.69, 9.17) is 13.9 Å². The van der Waals surface area contributed by atoms with Crippen LogP contribution in [0.1, 0.15) is 26.0 Å². The van der Waals surface area contributed by atoms with Gasteiger partial charge in [0.1, 0.15) is 6.26 Å². The molecule has 1 rings (SSSR count). The summed E-state index contributed by atoms with van der Waals surface area (Å²) in [7, 11) is 0. The van der Waals surface area contributed by atoms with Crippen LogP contribution in [0.15, 0.2) is 16.9 Å². The molecule has 0 amide bonds. The van der Waals surface area contributed by atoms with Gasteiger partial charge in [-0.2, -0.15) is 0 Å². The van der Waals surface area contributed by atoms with Crippen LogP contribution >= 0.6 is 0 Å². The minimum absolute atomic E-state index is 0.463. The first-order valence-corrected chi connectivity index (χ1v) is 4.01. The van der Waals surface area contributed by atoms with Crippen LogP contribution in [0.5, 0.6) is 0 Å². The van der Waals surface area contributed by atoms with Crippen molar-refractivity contribution in [3.05, 3.63) is 18.4 Å². The maximum Gasteiger partial charge on any atom is 0.251 e. The second-order valence-corrected chi connectivity index (χ2v) is 2.11. The Balaban J connectivity index is 2.53. The summed E-state index contributed by atoms with van der Waals surface area (Å²) in [6.45, 7) is 4.95. The van der Waals surface area contributed by atoms with E-state index >= 15 is 0 Å². The van der Waals surface area contributed by atoms with Gasteiger partial charge in [-0.3, -0.25) is 0 Å². The third-order valence-corrected chi connectivity index (χ3v) is 1.29. The average molecular weight is 171 g/mol. The number of hydrogen-bond donors (Lipinski definition) is 0. The van der Waals surface area contributed by atoms with Gasteiger partial charge in [0, 0.05) is 13.2 Å². The van der Waals surface area contributed by atoms with Crippen molar-refractivity contribution >= 4 is 0 Å². The highest BCUT2D eigenvalue weighted by Crippen LogP contribution is 2.15. The fourth-order valence-electron chi connectivity index (χ4n) is 0.844. The van der Waals surface area contributed by atoms with Crippen molar-refractivity contribution in [2.75, 3.05) is 13.2 Å². The highest BCUT2D eigenvalue weighted by atomic mass is 16.7. The van der Waals surface area contributed by atoms with Gasteiger partial charge in [0.15, 0.2) is 0 Å². The normalized spacial score (nSPS) is 10.9. The van der Waals surface area contributed by atoms with Gasteiger partial charge in [-0.25, -0.2) is 4.98 Å². The molecule has 4 nitrogen and oxygen atoms in total. The molecule has 0 aromatic carbocycles. The Hall–Kier alpha value is -0.870. The molecule has 0 N–H and O–H groups in total.